The zero-order valence-corrected chi connectivity index (χ0v) is 8.27. The summed E-state index contributed by atoms with van der Waals surface area (Å²) in [5.74, 6) is -0.794. The smallest absolute Gasteiger partial charge is 0.326 e. The molecule has 1 unspecified atom stereocenters. The Morgan fingerprint density at radius 2 is 2.00 bits per heavy atom. The van der Waals surface area contributed by atoms with E-state index >= 15 is 0 Å². The Kier molecular flexibility index (Phi) is 3.45. The fraction of sp³-hybridized carbons (Fsp3) is 0.400. The molecule has 0 radical (unpaired) electrons. The number of hydrogen-bond acceptors (Lipinski definition) is 3. The number of anilines is 1. The maximum absolute atomic E-state index is 10.9. The molecule has 1 atom stereocenters. The summed E-state index contributed by atoms with van der Waals surface area (Å²) in [4.78, 5) is 14.7. The first-order chi connectivity index (χ1) is 6.61. The van der Waals surface area contributed by atoms with Crippen molar-refractivity contribution in [2.45, 2.75) is 19.9 Å². The molecule has 1 aromatic rings. The number of aliphatic carboxylic acids is 1. The highest BCUT2D eigenvalue weighted by molar-refractivity contribution is 5.77. The van der Waals surface area contributed by atoms with Gasteiger partial charge in [-0.15, -0.1) is 0 Å². The number of hydrogen-bond donors (Lipinski definition) is 2. The van der Waals surface area contributed by atoms with Crippen LogP contribution in [0.2, 0.25) is 0 Å². The van der Waals surface area contributed by atoms with E-state index in [-0.39, 0.29) is 5.92 Å². The Labute approximate surface area is 83.0 Å². The lowest BCUT2D eigenvalue weighted by atomic mass is 10.0. The van der Waals surface area contributed by atoms with Gasteiger partial charge < -0.3 is 10.4 Å². The molecule has 1 rings (SSSR count). The van der Waals surface area contributed by atoms with E-state index in [1.807, 2.05) is 13.8 Å². The van der Waals surface area contributed by atoms with Crippen molar-refractivity contribution in [1.82, 2.24) is 4.98 Å². The van der Waals surface area contributed by atoms with Gasteiger partial charge in [0.1, 0.15) is 6.04 Å². The molecule has 76 valence electrons. The van der Waals surface area contributed by atoms with E-state index in [9.17, 15) is 4.79 Å². The first-order valence-electron chi connectivity index (χ1n) is 4.50. The largest absolute Gasteiger partial charge is 0.480 e. The van der Waals surface area contributed by atoms with E-state index in [1.54, 1.807) is 24.5 Å². The lowest BCUT2D eigenvalue weighted by molar-refractivity contribution is -0.138. The molecule has 2 N–H and O–H groups in total. The van der Waals surface area contributed by atoms with Crippen molar-refractivity contribution < 1.29 is 9.90 Å². The second-order valence-electron chi connectivity index (χ2n) is 3.44. The summed E-state index contributed by atoms with van der Waals surface area (Å²) in [7, 11) is 0. The van der Waals surface area contributed by atoms with Crippen molar-refractivity contribution in [2.75, 3.05) is 5.32 Å². The Balaban J connectivity index is 2.70. The van der Waals surface area contributed by atoms with Gasteiger partial charge in [0.2, 0.25) is 0 Å². The lowest BCUT2D eigenvalue weighted by Gasteiger charge is -2.18. The molecule has 0 saturated heterocycles. The Morgan fingerprint density at radius 1 is 1.43 bits per heavy atom. The zero-order chi connectivity index (χ0) is 10.6. The second-order valence-corrected chi connectivity index (χ2v) is 3.44. The van der Waals surface area contributed by atoms with Crippen LogP contribution in [-0.2, 0) is 4.79 Å². The van der Waals surface area contributed by atoms with Crippen molar-refractivity contribution in [3.05, 3.63) is 24.5 Å². The average molecular weight is 194 g/mol. The molecule has 0 fully saturated rings. The van der Waals surface area contributed by atoms with Crippen molar-refractivity contribution in [3.8, 4) is 0 Å². The van der Waals surface area contributed by atoms with Gasteiger partial charge in [-0.25, -0.2) is 4.79 Å². The van der Waals surface area contributed by atoms with Gasteiger partial charge in [0.25, 0.3) is 0 Å². The maximum atomic E-state index is 10.9. The summed E-state index contributed by atoms with van der Waals surface area (Å²) in [5.41, 5.74) is 0.779. The van der Waals surface area contributed by atoms with Gasteiger partial charge in [0.15, 0.2) is 0 Å². The fourth-order valence-electron chi connectivity index (χ4n) is 1.14. The van der Waals surface area contributed by atoms with Crippen LogP contribution < -0.4 is 5.32 Å². The van der Waals surface area contributed by atoms with Gasteiger partial charge in [-0.05, 0) is 18.1 Å². The molecule has 0 amide bonds. The minimum absolute atomic E-state index is 0.0423. The van der Waals surface area contributed by atoms with Crippen LogP contribution in [0.1, 0.15) is 13.8 Å². The Morgan fingerprint density at radius 3 is 2.43 bits per heavy atom. The van der Waals surface area contributed by atoms with Gasteiger partial charge in [-0.1, -0.05) is 13.8 Å². The fourth-order valence-corrected chi connectivity index (χ4v) is 1.14. The van der Waals surface area contributed by atoms with Crippen LogP contribution in [0.15, 0.2) is 24.5 Å². The van der Waals surface area contributed by atoms with Gasteiger partial charge >= 0.3 is 5.97 Å². The molecule has 0 spiro atoms. The van der Waals surface area contributed by atoms with E-state index in [2.05, 4.69) is 10.3 Å². The predicted molar refractivity (Wildman–Crippen MR) is 54.1 cm³/mol. The summed E-state index contributed by atoms with van der Waals surface area (Å²) < 4.78 is 0. The average Bonchev–Trinajstić information content (AvgIpc) is 2.15. The molecule has 0 aromatic carbocycles. The van der Waals surface area contributed by atoms with Gasteiger partial charge in [-0.3, -0.25) is 4.98 Å². The minimum Gasteiger partial charge on any atom is -0.480 e. The number of carboxylic acids is 1. The monoisotopic (exact) mass is 194 g/mol. The molecule has 0 aliphatic rings. The molecule has 14 heavy (non-hydrogen) atoms. The summed E-state index contributed by atoms with van der Waals surface area (Å²) >= 11 is 0. The molecule has 1 aromatic heterocycles. The van der Waals surface area contributed by atoms with Gasteiger partial charge in [0.05, 0.1) is 0 Å². The molecular weight excluding hydrogens is 180 g/mol. The summed E-state index contributed by atoms with van der Waals surface area (Å²) in [6.45, 7) is 3.74. The first kappa shape index (κ1) is 10.5. The van der Waals surface area contributed by atoms with Crippen LogP contribution in [0.5, 0.6) is 0 Å². The van der Waals surface area contributed by atoms with E-state index in [4.69, 9.17) is 5.11 Å². The SMILES string of the molecule is CC(C)C(Nc1ccncc1)C(=O)O. The predicted octanol–water partition coefficient (Wildman–Crippen LogP) is 1.60. The van der Waals surface area contributed by atoms with E-state index in [0.29, 0.717) is 0 Å². The highest BCUT2D eigenvalue weighted by Crippen LogP contribution is 2.11. The third kappa shape index (κ3) is 2.73. The second kappa shape index (κ2) is 4.60. The number of nitrogens with zero attached hydrogens (tertiary/aromatic N) is 1. The Bertz CT molecular complexity index is 298. The Hall–Kier alpha value is -1.58. The number of carbonyl (C=O) groups is 1. The number of aromatic nitrogens is 1. The molecule has 1 heterocycles. The maximum Gasteiger partial charge on any atom is 0.326 e. The van der Waals surface area contributed by atoms with Crippen LogP contribution in [0, 0.1) is 5.92 Å². The normalized spacial score (nSPS) is 12.5. The quantitative estimate of drug-likeness (QED) is 0.764. The number of nitrogens with one attached hydrogen (secondary N) is 1. The highest BCUT2D eigenvalue weighted by Gasteiger charge is 2.20. The first-order valence-corrected chi connectivity index (χ1v) is 4.50. The van der Waals surface area contributed by atoms with Crippen LogP contribution in [-0.4, -0.2) is 22.1 Å². The van der Waals surface area contributed by atoms with Crippen LogP contribution >= 0.6 is 0 Å². The molecule has 0 saturated carbocycles. The topological polar surface area (TPSA) is 62.2 Å². The molecule has 0 bridgehead atoms. The lowest BCUT2D eigenvalue weighted by Crippen LogP contribution is -2.34. The zero-order valence-electron chi connectivity index (χ0n) is 8.27. The van der Waals surface area contributed by atoms with E-state index in [0.717, 1.165) is 5.69 Å². The molecule has 4 heteroatoms. The molecule has 0 aliphatic heterocycles. The van der Waals surface area contributed by atoms with Crippen molar-refractivity contribution >= 4 is 11.7 Å². The molecule has 0 aliphatic carbocycles. The summed E-state index contributed by atoms with van der Waals surface area (Å²) in [6, 6.07) is 2.94. The highest BCUT2D eigenvalue weighted by atomic mass is 16.4. The van der Waals surface area contributed by atoms with Crippen LogP contribution in [0.3, 0.4) is 0 Å². The minimum atomic E-state index is -0.836. The molecular formula is C10H14N2O2. The molecule has 4 nitrogen and oxygen atoms in total. The van der Waals surface area contributed by atoms with E-state index in [1.165, 1.54) is 0 Å². The van der Waals surface area contributed by atoms with Crippen molar-refractivity contribution in [1.29, 1.82) is 0 Å². The van der Waals surface area contributed by atoms with Gasteiger partial charge in [0, 0.05) is 18.1 Å². The third-order valence-corrected chi connectivity index (χ3v) is 1.94. The number of pyridine rings is 1. The third-order valence-electron chi connectivity index (χ3n) is 1.94. The van der Waals surface area contributed by atoms with Gasteiger partial charge in [-0.2, -0.15) is 0 Å². The number of carboxylic acid groups (broad SMARTS) is 1. The van der Waals surface area contributed by atoms with Crippen molar-refractivity contribution in [2.24, 2.45) is 5.92 Å². The number of rotatable bonds is 4. The summed E-state index contributed by atoms with van der Waals surface area (Å²) in [5, 5.41) is 11.9. The summed E-state index contributed by atoms with van der Waals surface area (Å²) in [6.07, 6.45) is 3.25. The van der Waals surface area contributed by atoms with Crippen molar-refractivity contribution in [3.63, 3.8) is 0 Å². The standard InChI is InChI=1S/C10H14N2O2/c1-7(2)9(10(13)14)12-8-3-5-11-6-4-8/h3-7,9H,1-2H3,(H,11,12)(H,13,14). The van der Waals surface area contributed by atoms with E-state index < -0.39 is 12.0 Å². The van der Waals surface area contributed by atoms with Crippen LogP contribution in [0.25, 0.3) is 0 Å². The van der Waals surface area contributed by atoms with Crippen LogP contribution in [0.4, 0.5) is 5.69 Å².